The Morgan fingerprint density at radius 1 is 1.23 bits per heavy atom. The van der Waals surface area contributed by atoms with Gasteiger partial charge in [0, 0.05) is 10.6 Å². The van der Waals surface area contributed by atoms with Crippen LogP contribution < -0.4 is 10.2 Å². The Bertz CT molecular complexity index is 732. The Labute approximate surface area is 132 Å². The van der Waals surface area contributed by atoms with Crippen LogP contribution in [0, 0.1) is 5.82 Å². The van der Waals surface area contributed by atoms with Gasteiger partial charge in [-0.3, -0.25) is 4.79 Å². The number of hydrogen-bond acceptors (Lipinski definition) is 3. The topological polar surface area (TPSA) is 50.7 Å². The number of benzene rings is 2. The zero-order valence-electron chi connectivity index (χ0n) is 12.1. The van der Waals surface area contributed by atoms with Gasteiger partial charge in [-0.05, 0) is 37.3 Å². The number of halogens is 2. The van der Waals surface area contributed by atoms with Gasteiger partial charge in [-0.25, -0.2) is 9.82 Å². The summed E-state index contributed by atoms with van der Waals surface area (Å²) in [5.74, 6) is -0.655. The summed E-state index contributed by atoms with van der Waals surface area (Å²) in [6, 6.07) is 10.8. The van der Waals surface area contributed by atoms with Gasteiger partial charge < -0.3 is 4.74 Å². The number of hydrogen-bond donors (Lipinski definition) is 1. The molecule has 6 heteroatoms. The van der Waals surface area contributed by atoms with Gasteiger partial charge in [-0.1, -0.05) is 23.7 Å². The van der Waals surface area contributed by atoms with Gasteiger partial charge in [-0.2, -0.15) is 5.10 Å². The molecule has 2 rings (SSSR count). The monoisotopic (exact) mass is 320 g/mol. The summed E-state index contributed by atoms with van der Waals surface area (Å²) in [4.78, 5) is 11.9. The van der Waals surface area contributed by atoms with Gasteiger partial charge in [0.1, 0.15) is 11.6 Å². The summed E-state index contributed by atoms with van der Waals surface area (Å²) in [5, 5.41) is 4.49. The molecule has 0 aliphatic heterocycles. The van der Waals surface area contributed by atoms with Crippen LogP contribution in [0.5, 0.6) is 5.75 Å². The Hall–Kier alpha value is -2.40. The number of carbonyl (C=O) groups excluding carboxylic acids is 1. The second-order valence-electron chi connectivity index (χ2n) is 4.46. The van der Waals surface area contributed by atoms with Crippen LogP contribution in [0.1, 0.15) is 22.8 Å². The van der Waals surface area contributed by atoms with Crippen molar-refractivity contribution >= 4 is 23.2 Å². The second-order valence-corrected chi connectivity index (χ2v) is 4.90. The minimum atomic E-state index is -0.626. The van der Waals surface area contributed by atoms with Crippen molar-refractivity contribution in [2.24, 2.45) is 5.10 Å². The zero-order chi connectivity index (χ0) is 16.1. The molecule has 0 aromatic heterocycles. The van der Waals surface area contributed by atoms with Gasteiger partial charge in [-0.15, -0.1) is 0 Å². The summed E-state index contributed by atoms with van der Waals surface area (Å²) in [6.45, 7) is 1.69. The summed E-state index contributed by atoms with van der Waals surface area (Å²) in [7, 11) is 1.53. The fourth-order valence-electron chi connectivity index (χ4n) is 1.86. The van der Waals surface area contributed by atoms with Crippen molar-refractivity contribution < 1.29 is 13.9 Å². The van der Waals surface area contributed by atoms with Gasteiger partial charge in [0.15, 0.2) is 0 Å². The molecule has 1 amide bonds. The maximum atomic E-state index is 13.5. The van der Waals surface area contributed by atoms with E-state index >= 15 is 0 Å². The van der Waals surface area contributed by atoms with Crippen LogP contribution in [0.4, 0.5) is 4.39 Å². The zero-order valence-corrected chi connectivity index (χ0v) is 12.8. The molecule has 0 bridgehead atoms. The lowest BCUT2D eigenvalue weighted by Gasteiger charge is -2.09. The van der Waals surface area contributed by atoms with Crippen LogP contribution in [0.15, 0.2) is 47.6 Å². The molecule has 0 fully saturated rings. The fraction of sp³-hybridized carbons (Fsp3) is 0.125. The molecule has 2 aromatic carbocycles. The molecular weight excluding hydrogens is 307 g/mol. The number of amides is 1. The minimum Gasteiger partial charge on any atom is -0.496 e. The normalized spacial score (nSPS) is 11.2. The van der Waals surface area contributed by atoms with Crippen molar-refractivity contribution in [3.8, 4) is 5.75 Å². The molecule has 0 heterocycles. The first-order valence-electron chi connectivity index (χ1n) is 6.46. The van der Waals surface area contributed by atoms with E-state index in [0.717, 1.165) is 0 Å². The van der Waals surface area contributed by atoms with Gasteiger partial charge in [0.05, 0.1) is 18.4 Å². The van der Waals surface area contributed by atoms with Crippen LogP contribution in [0.2, 0.25) is 5.02 Å². The van der Waals surface area contributed by atoms with Crippen LogP contribution in [0.3, 0.4) is 0 Å². The number of rotatable bonds is 4. The van der Waals surface area contributed by atoms with Gasteiger partial charge >= 0.3 is 0 Å². The van der Waals surface area contributed by atoms with Gasteiger partial charge in [0.2, 0.25) is 0 Å². The Kier molecular flexibility index (Phi) is 5.12. The molecule has 0 radical (unpaired) electrons. The molecule has 114 valence electrons. The standard InChI is InChI=1S/C16H14ClFN2O2/c1-10(13-9-11(17)7-8-15(13)22-2)19-20-16(21)12-5-3-4-6-14(12)18/h3-9H,1-2H3,(H,20,21)/b19-10-. The average Bonchev–Trinajstić information content (AvgIpc) is 2.52. The first-order valence-corrected chi connectivity index (χ1v) is 6.84. The van der Waals surface area contributed by atoms with Crippen molar-refractivity contribution in [3.05, 3.63) is 64.4 Å². The van der Waals surface area contributed by atoms with Crippen LogP contribution >= 0.6 is 11.6 Å². The molecule has 0 aliphatic rings. The smallest absolute Gasteiger partial charge is 0.274 e. The van der Waals surface area contributed by atoms with Crippen molar-refractivity contribution in [2.75, 3.05) is 7.11 Å². The maximum absolute atomic E-state index is 13.5. The lowest BCUT2D eigenvalue weighted by Crippen LogP contribution is -2.20. The summed E-state index contributed by atoms with van der Waals surface area (Å²) in [6.07, 6.45) is 0. The van der Waals surface area contributed by atoms with Crippen LogP contribution in [-0.2, 0) is 0 Å². The van der Waals surface area contributed by atoms with Crippen LogP contribution in [0.25, 0.3) is 0 Å². The number of nitrogens with zero attached hydrogens (tertiary/aromatic N) is 1. The number of nitrogens with one attached hydrogen (secondary N) is 1. The van der Waals surface area contributed by atoms with Crippen LogP contribution in [-0.4, -0.2) is 18.7 Å². The van der Waals surface area contributed by atoms with E-state index in [1.165, 1.54) is 25.3 Å². The quantitative estimate of drug-likeness (QED) is 0.690. The van der Waals surface area contributed by atoms with E-state index in [1.807, 2.05) is 0 Å². The molecule has 0 saturated heterocycles. The predicted octanol–water partition coefficient (Wildman–Crippen LogP) is 3.64. The van der Waals surface area contributed by atoms with E-state index in [4.69, 9.17) is 16.3 Å². The molecule has 0 saturated carbocycles. The van der Waals surface area contributed by atoms with Crippen molar-refractivity contribution in [3.63, 3.8) is 0 Å². The summed E-state index contributed by atoms with van der Waals surface area (Å²) >= 11 is 5.95. The molecule has 0 unspecified atom stereocenters. The SMILES string of the molecule is COc1ccc(Cl)cc1/C(C)=N\NC(=O)c1ccccc1F. The number of methoxy groups -OCH3 is 1. The summed E-state index contributed by atoms with van der Waals surface area (Å²) in [5.41, 5.74) is 3.38. The maximum Gasteiger partial charge on any atom is 0.274 e. The molecular formula is C16H14ClFN2O2. The highest BCUT2D eigenvalue weighted by atomic mass is 35.5. The van der Waals surface area contributed by atoms with Crippen molar-refractivity contribution in [1.82, 2.24) is 5.43 Å². The highest BCUT2D eigenvalue weighted by Crippen LogP contribution is 2.23. The lowest BCUT2D eigenvalue weighted by molar-refractivity contribution is 0.0951. The third-order valence-corrected chi connectivity index (χ3v) is 3.23. The van der Waals surface area contributed by atoms with E-state index in [2.05, 4.69) is 10.5 Å². The molecule has 2 aromatic rings. The van der Waals surface area contributed by atoms with E-state index in [-0.39, 0.29) is 5.56 Å². The van der Waals surface area contributed by atoms with Crippen molar-refractivity contribution in [2.45, 2.75) is 6.92 Å². The Balaban J connectivity index is 2.22. The van der Waals surface area contributed by atoms with E-state index in [1.54, 1.807) is 31.2 Å². The molecule has 0 spiro atoms. The second kappa shape index (κ2) is 7.04. The molecule has 1 N–H and O–H groups in total. The third-order valence-electron chi connectivity index (χ3n) is 2.99. The van der Waals surface area contributed by atoms with E-state index in [9.17, 15) is 9.18 Å². The van der Waals surface area contributed by atoms with Crippen molar-refractivity contribution in [1.29, 1.82) is 0 Å². The summed E-state index contributed by atoms with van der Waals surface area (Å²) < 4.78 is 18.7. The number of hydrazone groups is 1. The van der Waals surface area contributed by atoms with Gasteiger partial charge in [0.25, 0.3) is 5.91 Å². The third kappa shape index (κ3) is 3.62. The fourth-order valence-corrected chi connectivity index (χ4v) is 2.04. The van der Waals surface area contributed by atoms with E-state index < -0.39 is 11.7 Å². The molecule has 22 heavy (non-hydrogen) atoms. The Morgan fingerprint density at radius 2 is 1.95 bits per heavy atom. The molecule has 0 atom stereocenters. The average molecular weight is 321 g/mol. The largest absolute Gasteiger partial charge is 0.496 e. The number of ether oxygens (including phenoxy) is 1. The highest BCUT2D eigenvalue weighted by molar-refractivity contribution is 6.31. The highest BCUT2D eigenvalue weighted by Gasteiger charge is 2.11. The Morgan fingerprint density at radius 3 is 2.64 bits per heavy atom. The lowest BCUT2D eigenvalue weighted by atomic mass is 10.1. The first-order chi connectivity index (χ1) is 10.5. The molecule has 4 nitrogen and oxygen atoms in total. The first kappa shape index (κ1) is 16.0. The van der Waals surface area contributed by atoms with E-state index in [0.29, 0.717) is 22.0 Å². The minimum absolute atomic E-state index is 0.0721. The predicted molar refractivity (Wildman–Crippen MR) is 84.1 cm³/mol. The number of carbonyl (C=O) groups is 1. The molecule has 0 aliphatic carbocycles.